The molecule has 10 heteroatoms. The normalized spacial score (nSPS) is 10.5. The van der Waals surface area contributed by atoms with Gasteiger partial charge in [0.15, 0.2) is 11.5 Å². The topological polar surface area (TPSA) is 154 Å². The molecule has 0 bridgehead atoms. The summed E-state index contributed by atoms with van der Waals surface area (Å²) in [7, 11) is 0. The Morgan fingerprint density at radius 1 is 1.00 bits per heavy atom. The Labute approximate surface area is 233 Å². The maximum Gasteiger partial charge on any atom is 0.264 e. The monoisotopic (exact) mass is 543 g/mol. The lowest BCUT2D eigenvalue weighted by Crippen LogP contribution is -2.22. The Balaban J connectivity index is 0.000000216. The van der Waals surface area contributed by atoms with E-state index in [9.17, 15) is 14.4 Å². The third-order valence-electron chi connectivity index (χ3n) is 6.28. The largest absolute Gasteiger partial charge is 0.381 e. The number of aromatic amines is 1. The van der Waals surface area contributed by atoms with Gasteiger partial charge in [0.1, 0.15) is 5.56 Å². The van der Waals surface area contributed by atoms with E-state index in [-0.39, 0.29) is 22.5 Å². The molecule has 6 rings (SSSR count). The highest BCUT2D eigenvalue weighted by atomic mass is 16.1. The minimum atomic E-state index is -0.619. The first-order valence-corrected chi connectivity index (χ1v) is 12.7. The van der Waals surface area contributed by atoms with Gasteiger partial charge in [-0.15, -0.1) is 5.10 Å². The first kappa shape index (κ1) is 26.6. The summed E-state index contributed by atoms with van der Waals surface area (Å²) in [6, 6.07) is 22.2. The number of fused-ring (bicyclic) bond motifs is 2. The van der Waals surface area contributed by atoms with E-state index < -0.39 is 5.91 Å². The van der Waals surface area contributed by atoms with Crippen molar-refractivity contribution in [3.63, 3.8) is 0 Å². The number of pyridine rings is 2. The maximum absolute atomic E-state index is 13.4. The number of nitrogens with two attached hydrogens (primary N) is 2. The van der Waals surface area contributed by atoms with Crippen molar-refractivity contribution < 1.29 is 4.79 Å². The van der Waals surface area contributed by atoms with Gasteiger partial charge in [-0.3, -0.25) is 19.0 Å². The van der Waals surface area contributed by atoms with Crippen LogP contribution >= 0.6 is 0 Å². The Morgan fingerprint density at radius 2 is 1.80 bits per heavy atom. The zero-order valence-corrected chi connectivity index (χ0v) is 22.0. The number of benzene rings is 2. The molecule has 0 aliphatic heterocycles. The molecule has 0 spiro atoms. The summed E-state index contributed by atoms with van der Waals surface area (Å²) >= 11 is 0. The number of carbonyl (C=O) groups excluding carboxylic acids is 1. The minimum absolute atomic E-state index is 0.0867. The summed E-state index contributed by atoms with van der Waals surface area (Å²) in [5.74, 6) is 5.55. The fourth-order valence-electron chi connectivity index (χ4n) is 4.44. The summed E-state index contributed by atoms with van der Waals surface area (Å²) < 4.78 is 3.16. The lowest BCUT2D eigenvalue weighted by atomic mass is 10.0. The zero-order chi connectivity index (χ0) is 28.9. The number of aromatic nitrogens is 5. The molecule has 0 aliphatic carbocycles. The van der Waals surface area contributed by atoms with Gasteiger partial charge in [0.2, 0.25) is 5.56 Å². The van der Waals surface area contributed by atoms with E-state index in [0.717, 1.165) is 23.2 Å². The van der Waals surface area contributed by atoms with Crippen LogP contribution in [0, 0.1) is 11.8 Å². The summed E-state index contributed by atoms with van der Waals surface area (Å²) in [5.41, 5.74) is 13.9. The number of para-hydroxylation sites is 1. The van der Waals surface area contributed by atoms with Crippen LogP contribution in [0.2, 0.25) is 0 Å². The van der Waals surface area contributed by atoms with Gasteiger partial charge in [-0.1, -0.05) is 49.1 Å². The number of hydrogen-bond acceptors (Lipinski definition) is 6. The molecule has 4 heterocycles. The van der Waals surface area contributed by atoms with Crippen molar-refractivity contribution in [1.82, 2.24) is 24.1 Å². The van der Waals surface area contributed by atoms with E-state index in [0.29, 0.717) is 22.2 Å². The second-order valence-corrected chi connectivity index (χ2v) is 8.94. The lowest BCUT2D eigenvalue weighted by Gasteiger charge is -2.14. The number of carbonyl (C=O) groups is 1. The quantitative estimate of drug-likeness (QED) is 0.292. The van der Waals surface area contributed by atoms with Gasteiger partial charge >= 0.3 is 0 Å². The third-order valence-corrected chi connectivity index (χ3v) is 6.28. The van der Waals surface area contributed by atoms with Gasteiger partial charge in [-0.05, 0) is 48.2 Å². The molecular weight excluding hydrogens is 518 g/mol. The Hall–Kier alpha value is -5.95. The van der Waals surface area contributed by atoms with Crippen LogP contribution in [0.5, 0.6) is 0 Å². The van der Waals surface area contributed by atoms with Gasteiger partial charge in [-0.25, -0.2) is 9.50 Å². The standard InChI is InChI=1S/C24H18N2O2.C7H7N5O/c1-2-20-16-19-8-6-7-18(12-11-17-13-14-25-22(27)15-17)23(19)24(28)26(20)21-9-4-3-5-10-21;8-5-4(6(9)13)7-10-2-1-3-12(7)11-5/h3-10,13-16H,2H2,1H3,(H,25,27);1-3H,(H2,8,11)(H2,9,13). The Kier molecular flexibility index (Phi) is 7.43. The first-order chi connectivity index (χ1) is 19.9. The highest BCUT2D eigenvalue weighted by molar-refractivity contribution is 6.03. The van der Waals surface area contributed by atoms with Gasteiger partial charge < -0.3 is 16.5 Å². The molecule has 1 amide bonds. The van der Waals surface area contributed by atoms with Crippen molar-refractivity contribution >= 4 is 28.1 Å². The minimum Gasteiger partial charge on any atom is -0.381 e. The molecule has 0 saturated heterocycles. The fraction of sp³-hybridized carbons (Fsp3) is 0.0645. The van der Waals surface area contributed by atoms with Crippen LogP contribution in [0.3, 0.4) is 0 Å². The average Bonchev–Trinajstić information content (AvgIpc) is 3.32. The van der Waals surface area contributed by atoms with E-state index >= 15 is 0 Å². The molecule has 41 heavy (non-hydrogen) atoms. The number of nitrogen functional groups attached to an aromatic ring is 1. The maximum atomic E-state index is 13.4. The second kappa shape index (κ2) is 11.4. The molecule has 0 atom stereocenters. The van der Waals surface area contributed by atoms with Gasteiger partial charge in [0.05, 0.1) is 5.39 Å². The third kappa shape index (κ3) is 5.46. The number of H-pyrrole nitrogens is 1. The molecule has 0 radical (unpaired) electrons. The zero-order valence-electron chi connectivity index (χ0n) is 22.0. The molecule has 0 fully saturated rings. The van der Waals surface area contributed by atoms with Crippen molar-refractivity contribution in [2.45, 2.75) is 13.3 Å². The highest BCUT2D eigenvalue weighted by Gasteiger charge is 2.15. The van der Waals surface area contributed by atoms with Crippen molar-refractivity contribution in [3.05, 3.63) is 134 Å². The summed E-state index contributed by atoms with van der Waals surface area (Å²) in [5, 5.41) is 5.32. The summed E-state index contributed by atoms with van der Waals surface area (Å²) in [4.78, 5) is 42.4. The van der Waals surface area contributed by atoms with E-state index in [1.807, 2.05) is 61.5 Å². The summed E-state index contributed by atoms with van der Waals surface area (Å²) in [6.07, 6.45) is 5.49. The second-order valence-electron chi connectivity index (χ2n) is 8.94. The van der Waals surface area contributed by atoms with Crippen molar-refractivity contribution in [1.29, 1.82) is 0 Å². The molecule has 2 aromatic carbocycles. The van der Waals surface area contributed by atoms with Crippen LogP contribution in [0.1, 0.15) is 34.1 Å². The van der Waals surface area contributed by atoms with Crippen LogP contribution in [-0.2, 0) is 6.42 Å². The summed E-state index contributed by atoms with van der Waals surface area (Å²) in [6.45, 7) is 2.04. The van der Waals surface area contributed by atoms with Crippen LogP contribution in [-0.4, -0.2) is 30.1 Å². The van der Waals surface area contributed by atoms with E-state index in [1.165, 1.54) is 10.6 Å². The lowest BCUT2D eigenvalue weighted by molar-refractivity contribution is 0.100. The van der Waals surface area contributed by atoms with E-state index in [4.69, 9.17) is 11.5 Å². The molecule has 6 aromatic rings. The van der Waals surface area contributed by atoms with Crippen LogP contribution in [0.15, 0.2) is 101 Å². The van der Waals surface area contributed by atoms with E-state index in [2.05, 4.69) is 26.9 Å². The molecule has 5 N–H and O–H groups in total. The number of nitrogens with zero attached hydrogens (tertiary/aromatic N) is 4. The first-order valence-electron chi connectivity index (χ1n) is 12.7. The molecule has 202 valence electrons. The van der Waals surface area contributed by atoms with Crippen molar-refractivity contribution in [3.8, 4) is 17.5 Å². The number of rotatable bonds is 3. The highest BCUT2D eigenvalue weighted by Crippen LogP contribution is 2.19. The number of anilines is 1. The average molecular weight is 544 g/mol. The number of primary amides is 1. The molecule has 10 nitrogen and oxygen atoms in total. The predicted molar refractivity (Wildman–Crippen MR) is 158 cm³/mol. The number of hydrogen-bond donors (Lipinski definition) is 3. The van der Waals surface area contributed by atoms with Crippen molar-refractivity contribution in [2.75, 3.05) is 5.73 Å². The number of aryl methyl sites for hydroxylation is 1. The SMILES string of the molecule is CCc1cc2cccc(C#Cc3cc[nH]c(=O)c3)c2c(=O)n1-c1ccccc1.NC(=O)c1c(N)nn2cccnc12. The van der Waals surface area contributed by atoms with Crippen LogP contribution in [0.4, 0.5) is 5.82 Å². The fourth-order valence-corrected chi connectivity index (χ4v) is 4.44. The molecule has 0 aliphatic rings. The molecule has 0 unspecified atom stereocenters. The molecule has 0 saturated carbocycles. The van der Waals surface area contributed by atoms with Crippen LogP contribution in [0.25, 0.3) is 22.1 Å². The van der Waals surface area contributed by atoms with Gasteiger partial charge in [-0.2, -0.15) is 0 Å². The Bertz CT molecular complexity index is 2080. The predicted octanol–water partition coefficient (Wildman–Crippen LogP) is 3.05. The van der Waals surface area contributed by atoms with Crippen LogP contribution < -0.4 is 22.6 Å². The van der Waals surface area contributed by atoms with Crippen molar-refractivity contribution in [2.24, 2.45) is 5.73 Å². The van der Waals surface area contributed by atoms with E-state index in [1.54, 1.807) is 35.3 Å². The molecule has 4 aromatic heterocycles. The van der Waals surface area contributed by atoms with Gasteiger partial charge in [0.25, 0.3) is 11.5 Å². The smallest absolute Gasteiger partial charge is 0.264 e. The Morgan fingerprint density at radius 3 is 2.54 bits per heavy atom. The molecular formula is C31H25N7O3. The van der Waals surface area contributed by atoms with Gasteiger partial charge in [0, 0.05) is 47.2 Å². The number of amides is 1. The number of nitrogens with one attached hydrogen (secondary N) is 1.